The van der Waals surface area contributed by atoms with Crippen molar-refractivity contribution in [1.29, 1.82) is 0 Å². The maximum absolute atomic E-state index is 11.9. The summed E-state index contributed by atoms with van der Waals surface area (Å²) in [7, 11) is -7.91. The van der Waals surface area contributed by atoms with Crippen molar-refractivity contribution in [2.24, 2.45) is 5.14 Å². The Bertz CT molecular complexity index is 1140. The molecule has 0 aromatic heterocycles. The molecule has 0 aliphatic carbocycles. The molecule has 13 heteroatoms. The van der Waals surface area contributed by atoms with E-state index in [1.807, 2.05) is 0 Å². The molecule has 1 unspecified atom stereocenters. The number of benzene rings is 1. The van der Waals surface area contributed by atoms with Gasteiger partial charge in [0.15, 0.2) is 0 Å². The van der Waals surface area contributed by atoms with Crippen molar-refractivity contribution in [3.63, 3.8) is 0 Å². The van der Waals surface area contributed by atoms with Gasteiger partial charge in [-0.05, 0) is 48.8 Å². The van der Waals surface area contributed by atoms with Gasteiger partial charge in [-0.15, -0.1) is 0 Å². The quantitative estimate of drug-likeness (QED) is 0.0703. The fourth-order valence-electron chi connectivity index (χ4n) is 2.85. The molecular weight excluding hydrogens is 521 g/mol. The molecule has 0 heterocycles. The van der Waals surface area contributed by atoms with E-state index < -0.39 is 17.8 Å². The number of allylic oxidation sites excluding steroid dienone is 2. The van der Waals surface area contributed by atoms with Gasteiger partial charge < -0.3 is 15.2 Å². The largest absolute Gasteiger partial charge is 0.527 e. The minimum atomic E-state index is -4.17. The fraction of sp³-hybridized carbons (Fsp3) is 0.417. The first-order valence-electron chi connectivity index (χ1n) is 11.6. The lowest BCUT2D eigenvalue weighted by Crippen LogP contribution is -2.29. The van der Waals surface area contributed by atoms with E-state index in [4.69, 9.17) is 9.66 Å². The summed E-state index contributed by atoms with van der Waals surface area (Å²) in [6, 6.07) is 6.09. The number of primary sulfonamides is 1. The molecule has 0 aliphatic heterocycles. The summed E-state index contributed by atoms with van der Waals surface area (Å²) in [6.07, 6.45) is 7.26. The van der Waals surface area contributed by atoms with Crippen molar-refractivity contribution in [3.05, 3.63) is 66.3 Å². The van der Waals surface area contributed by atoms with E-state index in [1.165, 1.54) is 24.3 Å². The highest BCUT2D eigenvalue weighted by Crippen LogP contribution is 2.43. The van der Waals surface area contributed by atoms with E-state index in [1.54, 1.807) is 12.1 Å². The predicted molar refractivity (Wildman–Crippen MR) is 138 cm³/mol. The standard InChI is InChI=1S/C24H34N3O8PS/c1-2-3-4-8-19-34-36(30,31)35-20-9-6-5-7-17-26-23(28)14-15-24(29)27-18-16-21-10-12-22(13-11-21)37(25,32)33/h2-3,10-13,19H,1,5-7,9,14-18,20H2,(H,26,28)(H,27,29)(H,30,31)(H2,25,32,33). The van der Waals surface area contributed by atoms with E-state index in [9.17, 15) is 27.5 Å². The van der Waals surface area contributed by atoms with Crippen molar-refractivity contribution in [1.82, 2.24) is 10.6 Å². The van der Waals surface area contributed by atoms with E-state index in [0.717, 1.165) is 31.1 Å². The van der Waals surface area contributed by atoms with Gasteiger partial charge >= 0.3 is 7.82 Å². The first kappa shape index (κ1) is 32.1. The molecule has 0 radical (unpaired) electrons. The number of carbonyl (C=O) groups excluding carboxylic acids is 2. The number of amides is 2. The number of hydrogen-bond acceptors (Lipinski definition) is 7. The first-order valence-corrected chi connectivity index (χ1v) is 14.7. The van der Waals surface area contributed by atoms with Gasteiger partial charge in [-0.25, -0.2) is 18.1 Å². The molecule has 0 fully saturated rings. The van der Waals surface area contributed by atoms with Crippen molar-refractivity contribution >= 4 is 29.7 Å². The number of nitrogens with two attached hydrogens (primary N) is 1. The topological polar surface area (TPSA) is 174 Å². The van der Waals surface area contributed by atoms with Crippen LogP contribution in [0.1, 0.15) is 44.1 Å². The van der Waals surface area contributed by atoms with Crippen LogP contribution in [0.2, 0.25) is 0 Å². The first-order chi connectivity index (χ1) is 17.5. The monoisotopic (exact) mass is 555 g/mol. The Labute approximate surface area is 217 Å². The Balaban J connectivity index is 2.06. The molecule has 0 bridgehead atoms. The van der Waals surface area contributed by atoms with Gasteiger partial charge in [0.1, 0.15) is 6.26 Å². The number of nitrogens with one attached hydrogen (secondary N) is 2. The number of sulfonamides is 1. The lowest BCUT2D eigenvalue weighted by atomic mass is 10.1. The van der Waals surface area contributed by atoms with Gasteiger partial charge in [0.05, 0.1) is 11.5 Å². The summed E-state index contributed by atoms with van der Waals surface area (Å²) in [5.74, 6) is -0.471. The van der Waals surface area contributed by atoms with Gasteiger partial charge in [-0.2, -0.15) is 0 Å². The number of carbonyl (C=O) groups is 2. The predicted octanol–water partition coefficient (Wildman–Crippen LogP) is 2.59. The second-order valence-electron chi connectivity index (χ2n) is 7.77. The maximum Gasteiger partial charge on any atom is 0.527 e. The highest BCUT2D eigenvalue weighted by atomic mass is 32.2. The molecule has 37 heavy (non-hydrogen) atoms. The van der Waals surface area contributed by atoms with E-state index in [-0.39, 0.29) is 36.2 Å². The minimum Gasteiger partial charge on any atom is -0.403 e. The van der Waals surface area contributed by atoms with Crippen molar-refractivity contribution in [2.45, 2.75) is 49.8 Å². The smallest absolute Gasteiger partial charge is 0.403 e. The van der Waals surface area contributed by atoms with Crippen LogP contribution >= 0.6 is 7.82 Å². The molecule has 1 atom stereocenters. The van der Waals surface area contributed by atoms with Crippen LogP contribution in [-0.2, 0) is 39.6 Å². The Hall–Kier alpha value is -2.94. The lowest BCUT2D eigenvalue weighted by Gasteiger charge is -2.09. The number of rotatable bonds is 18. The third-order valence-electron chi connectivity index (χ3n) is 4.74. The number of phosphoric ester groups is 1. The summed E-state index contributed by atoms with van der Waals surface area (Å²) in [5, 5.41) is 10.5. The molecule has 0 saturated carbocycles. The highest BCUT2D eigenvalue weighted by molar-refractivity contribution is 7.89. The summed E-state index contributed by atoms with van der Waals surface area (Å²) in [6.45, 7) is 4.31. The average molecular weight is 556 g/mol. The van der Waals surface area contributed by atoms with Crippen LogP contribution in [0.25, 0.3) is 0 Å². The summed E-state index contributed by atoms with van der Waals surface area (Å²) >= 11 is 0. The highest BCUT2D eigenvalue weighted by Gasteiger charge is 2.19. The van der Waals surface area contributed by atoms with Crippen LogP contribution < -0.4 is 15.8 Å². The van der Waals surface area contributed by atoms with Gasteiger partial charge in [-0.1, -0.05) is 43.4 Å². The third-order valence-corrected chi connectivity index (χ3v) is 6.55. The zero-order valence-electron chi connectivity index (χ0n) is 20.6. The van der Waals surface area contributed by atoms with Crippen LogP contribution in [0.15, 0.2) is 65.6 Å². The van der Waals surface area contributed by atoms with Crippen LogP contribution in [0.3, 0.4) is 0 Å². The van der Waals surface area contributed by atoms with Gasteiger partial charge in [-0.3, -0.25) is 19.0 Å². The summed E-state index contributed by atoms with van der Waals surface area (Å²) in [4.78, 5) is 33.3. The van der Waals surface area contributed by atoms with E-state index in [2.05, 4.69) is 33.2 Å². The van der Waals surface area contributed by atoms with Gasteiger partial charge in [0.25, 0.3) is 0 Å². The Morgan fingerprint density at radius 3 is 2.27 bits per heavy atom. The Morgan fingerprint density at radius 1 is 1.03 bits per heavy atom. The second kappa shape index (κ2) is 17.5. The molecule has 1 aromatic carbocycles. The maximum atomic E-state index is 11.9. The molecule has 204 valence electrons. The summed E-state index contributed by atoms with van der Waals surface area (Å²) in [5.41, 5.74) is 5.76. The number of phosphoric acid groups is 1. The molecule has 11 nitrogen and oxygen atoms in total. The van der Waals surface area contributed by atoms with E-state index >= 15 is 0 Å². The van der Waals surface area contributed by atoms with Crippen LogP contribution in [0, 0.1) is 0 Å². The fourth-order valence-corrected chi connectivity index (χ4v) is 3.97. The molecule has 0 aliphatic rings. The Kier molecular flexibility index (Phi) is 15.2. The van der Waals surface area contributed by atoms with Crippen LogP contribution in [0.4, 0.5) is 0 Å². The average Bonchev–Trinajstić information content (AvgIpc) is 2.84. The SMILES string of the molecule is C=CC=C=C=COP(=O)(O)OCCCCCCNC(=O)CCC(=O)NCCc1ccc(S(N)(=O)=O)cc1. The number of hydrogen-bond donors (Lipinski definition) is 4. The van der Waals surface area contributed by atoms with E-state index in [0.29, 0.717) is 25.9 Å². The second-order valence-corrected chi connectivity index (χ2v) is 10.7. The molecule has 1 aromatic rings. The zero-order chi connectivity index (χ0) is 27.6. The molecule has 2 amide bonds. The molecule has 0 spiro atoms. The Morgan fingerprint density at radius 2 is 1.65 bits per heavy atom. The molecule has 5 N–H and O–H groups in total. The molecule has 1 rings (SSSR count). The summed E-state index contributed by atoms with van der Waals surface area (Å²) < 4.78 is 43.5. The third kappa shape index (κ3) is 16.4. The minimum absolute atomic E-state index is 0.0271. The van der Waals surface area contributed by atoms with Gasteiger partial charge in [0, 0.05) is 25.9 Å². The number of unbranched alkanes of at least 4 members (excludes halogenated alkanes) is 3. The van der Waals surface area contributed by atoms with Crippen LogP contribution in [-0.4, -0.2) is 44.8 Å². The zero-order valence-corrected chi connectivity index (χ0v) is 22.3. The molecule has 0 saturated heterocycles. The molecular formula is C24H34N3O8PS. The van der Waals surface area contributed by atoms with Crippen molar-refractivity contribution < 1.29 is 36.5 Å². The van der Waals surface area contributed by atoms with Crippen molar-refractivity contribution in [2.75, 3.05) is 19.7 Å². The lowest BCUT2D eigenvalue weighted by molar-refractivity contribution is -0.126. The van der Waals surface area contributed by atoms with Crippen molar-refractivity contribution in [3.8, 4) is 0 Å². The van der Waals surface area contributed by atoms with Gasteiger partial charge in [0.2, 0.25) is 21.8 Å². The normalized spacial score (nSPS) is 12.3. The van der Waals surface area contributed by atoms with Crippen LogP contribution in [0.5, 0.6) is 0 Å².